The fraction of sp³-hybridized carbons (Fsp3) is 0.571. The predicted octanol–water partition coefficient (Wildman–Crippen LogP) is 3.55. The third-order valence-electron chi connectivity index (χ3n) is 3.13. The average molecular weight is 404 g/mol. The van der Waals surface area contributed by atoms with Crippen LogP contribution in [0.3, 0.4) is 0 Å². The second-order valence-corrected chi connectivity index (χ2v) is 5.82. The number of nitrogens with one attached hydrogen (secondary N) is 1. The zero-order chi connectivity index (χ0) is 15.4. The van der Waals surface area contributed by atoms with E-state index in [9.17, 15) is 9.18 Å². The molecule has 1 saturated carbocycles. The molecule has 0 saturated heterocycles. The predicted molar refractivity (Wildman–Crippen MR) is 78.5 cm³/mol. The van der Waals surface area contributed by atoms with Gasteiger partial charge in [-0.05, 0) is 38.7 Å². The SMILES string of the molecule is CC(C)O[N-]CC(C(=O)Nc1ncc(Cl)cc1F)C1CC1.[Y]. The fourth-order valence-electron chi connectivity index (χ4n) is 1.93. The van der Waals surface area contributed by atoms with Crippen molar-refractivity contribution < 1.29 is 46.7 Å². The Kier molecular flexibility index (Phi) is 8.35. The molecule has 8 heteroatoms. The Morgan fingerprint density at radius 3 is 2.82 bits per heavy atom. The summed E-state index contributed by atoms with van der Waals surface area (Å²) in [6.07, 6.45) is 3.22. The van der Waals surface area contributed by atoms with Gasteiger partial charge in [0.15, 0.2) is 11.6 Å². The van der Waals surface area contributed by atoms with Crippen molar-refractivity contribution in [2.24, 2.45) is 11.8 Å². The molecule has 1 atom stereocenters. The molecule has 22 heavy (non-hydrogen) atoms. The van der Waals surface area contributed by atoms with E-state index in [0.29, 0.717) is 0 Å². The fourth-order valence-corrected chi connectivity index (χ4v) is 2.08. The number of rotatable bonds is 7. The van der Waals surface area contributed by atoms with E-state index >= 15 is 0 Å². The molecular weight excluding hydrogens is 386 g/mol. The summed E-state index contributed by atoms with van der Waals surface area (Å²) >= 11 is 5.63. The summed E-state index contributed by atoms with van der Waals surface area (Å²) in [5, 5.41) is 2.68. The second kappa shape index (κ2) is 9.23. The van der Waals surface area contributed by atoms with Gasteiger partial charge in [-0.2, -0.15) is 0 Å². The number of anilines is 1. The van der Waals surface area contributed by atoms with Crippen molar-refractivity contribution in [2.75, 3.05) is 11.9 Å². The van der Waals surface area contributed by atoms with E-state index in [2.05, 4.69) is 15.8 Å². The summed E-state index contributed by atoms with van der Waals surface area (Å²) < 4.78 is 13.6. The summed E-state index contributed by atoms with van der Waals surface area (Å²) in [6, 6.07) is 1.11. The van der Waals surface area contributed by atoms with E-state index in [-0.39, 0.29) is 73.9 Å². The summed E-state index contributed by atoms with van der Waals surface area (Å²) in [4.78, 5) is 21.2. The van der Waals surface area contributed by atoms with E-state index < -0.39 is 5.82 Å². The number of hydrogen-bond donors (Lipinski definition) is 1. The van der Waals surface area contributed by atoms with Crippen LogP contribution in [0.2, 0.25) is 5.02 Å². The molecule has 1 aliphatic rings. The molecule has 0 aromatic carbocycles. The van der Waals surface area contributed by atoms with Crippen molar-refractivity contribution in [3.05, 3.63) is 28.6 Å². The third kappa shape index (κ3) is 6.16. The first-order valence-electron chi connectivity index (χ1n) is 6.92. The van der Waals surface area contributed by atoms with Crippen LogP contribution in [-0.2, 0) is 42.3 Å². The molecule has 1 aliphatic carbocycles. The van der Waals surface area contributed by atoms with Crippen LogP contribution in [0.25, 0.3) is 5.48 Å². The van der Waals surface area contributed by atoms with Gasteiger partial charge in [-0.1, -0.05) is 11.6 Å². The minimum atomic E-state index is -0.652. The first-order valence-corrected chi connectivity index (χ1v) is 7.29. The summed E-state index contributed by atoms with van der Waals surface area (Å²) in [5.41, 5.74) is 3.94. The molecule has 0 aliphatic heterocycles. The minimum Gasteiger partial charge on any atom is -0.533 e. The van der Waals surface area contributed by atoms with Crippen LogP contribution < -0.4 is 5.32 Å². The first-order chi connectivity index (χ1) is 9.97. The molecular formula is C14H18ClFN3O2Y-. The number of halogens is 2. The first kappa shape index (κ1) is 19.9. The molecule has 1 aromatic heterocycles. The van der Waals surface area contributed by atoms with Gasteiger partial charge in [0.25, 0.3) is 0 Å². The number of hydroxylamine groups is 1. The van der Waals surface area contributed by atoms with Crippen LogP contribution >= 0.6 is 11.6 Å². The minimum absolute atomic E-state index is 0. The molecule has 0 spiro atoms. The van der Waals surface area contributed by atoms with Crippen LogP contribution in [0.5, 0.6) is 0 Å². The van der Waals surface area contributed by atoms with Gasteiger partial charge in [-0.25, -0.2) is 9.37 Å². The Bertz CT molecular complexity index is 515. The van der Waals surface area contributed by atoms with Crippen molar-refractivity contribution >= 4 is 23.3 Å². The van der Waals surface area contributed by atoms with Crippen molar-refractivity contribution in [1.29, 1.82) is 0 Å². The topological polar surface area (TPSA) is 65.3 Å². The van der Waals surface area contributed by atoms with E-state index in [1.165, 1.54) is 6.20 Å². The Morgan fingerprint density at radius 1 is 1.59 bits per heavy atom. The number of nitrogens with zero attached hydrogens (tertiary/aromatic N) is 2. The van der Waals surface area contributed by atoms with Crippen LogP contribution in [-0.4, -0.2) is 23.5 Å². The van der Waals surface area contributed by atoms with Gasteiger partial charge in [-0.3, -0.25) is 4.79 Å². The number of amides is 1. The zero-order valence-corrected chi connectivity index (χ0v) is 16.1. The average Bonchev–Trinajstić information content (AvgIpc) is 3.22. The van der Waals surface area contributed by atoms with Crippen molar-refractivity contribution in [2.45, 2.75) is 32.8 Å². The van der Waals surface area contributed by atoms with Crippen molar-refractivity contribution in [1.82, 2.24) is 4.98 Å². The van der Waals surface area contributed by atoms with E-state index in [1.54, 1.807) is 0 Å². The normalized spacial score (nSPS) is 15.3. The number of carbonyl (C=O) groups is 1. The molecule has 1 amide bonds. The van der Waals surface area contributed by atoms with Gasteiger partial charge in [0.1, 0.15) is 0 Å². The molecule has 2 rings (SSSR count). The summed E-state index contributed by atoms with van der Waals surface area (Å²) in [7, 11) is 0. The number of carbonyl (C=O) groups excluding carboxylic acids is 1. The maximum absolute atomic E-state index is 13.6. The van der Waals surface area contributed by atoms with E-state index in [1.807, 2.05) is 13.8 Å². The Hall–Kier alpha value is -0.136. The molecule has 1 fully saturated rings. The van der Waals surface area contributed by atoms with Crippen LogP contribution in [0, 0.1) is 17.7 Å². The number of hydrogen-bond acceptors (Lipinski definition) is 3. The van der Waals surface area contributed by atoms with Crippen LogP contribution in [0.1, 0.15) is 26.7 Å². The zero-order valence-electron chi connectivity index (χ0n) is 12.6. The van der Waals surface area contributed by atoms with E-state index in [4.69, 9.17) is 16.4 Å². The number of pyridine rings is 1. The molecule has 1 aromatic rings. The van der Waals surface area contributed by atoms with Crippen LogP contribution in [0.15, 0.2) is 12.3 Å². The Labute approximate surface area is 159 Å². The number of aromatic nitrogens is 1. The van der Waals surface area contributed by atoms with Crippen LogP contribution in [0.4, 0.5) is 10.2 Å². The maximum Gasteiger partial charge on any atom is 0.227 e. The molecule has 1 heterocycles. The van der Waals surface area contributed by atoms with Gasteiger partial charge in [0.05, 0.1) is 5.02 Å². The van der Waals surface area contributed by atoms with Gasteiger partial charge >= 0.3 is 0 Å². The maximum atomic E-state index is 13.6. The second-order valence-electron chi connectivity index (χ2n) is 5.38. The quantitative estimate of drug-likeness (QED) is 0.708. The third-order valence-corrected chi connectivity index (χ3v) is 3.34. The monoisotopic (exact) mass is 403 g/mol. The van der Waals surface area contributed by atoms with Gasteiger partial charge < -0.3 is 15.6 Å². The summed E-state index contributed by atoms with van der Waals surface area (Å²) in [6.45, 7) is 4.00. The molecule has 0 bridgehead atoms. The van der Waals surface area contributed by atoms with Crippen molar-refractivity contribution in [3.63, 3.8) is 0 Å². The van der Waals surface area contributed by atoms with Crippen molar-refractivity contribution in [3.8, 4) is 0 Å². The summed E-state index contributed by atoms with van der Waals surface area (Å²) in [5.74, 6) is -1.09. The Balaban J connectivity index is 0.00000242. The van der Waals surface area contributed by atoms with E-state index in [0.717, 1.165) is 18.9 Å². The molecule has 5 nitrogen and oxygen atoms in total. The smallest absolute Gasteiger partial charge is 0.227 e. The van der Waals surface area contributed by atoms with Gasteiger partial charge in [0.2, 0.25) is 5.91 Å². The Morgan fingerprint density at radius 2 is 2.27 bits per heavy atom. The van der Waals surface area contributed by atoms with Gasteiger partial charge in [0, 0.05) is 50.9 Å². The molecule has 1 N–H and O–H groups in total. The molecule has 1 unspecified atom stereocenters. The largest absolute Gasteiger partial charge is 0.533 e. The standard InChI is InChI=1S/C14H18ClFN3O2.Y/c1-8(2)21-18-7-11(9-3-4-9)14(20)19-13-12(16)5-10(15)6-17-13;/h5-6,8-9,11H,3-4,7H2,1-2H3,(H,17,19,20);/q-1;. The van der Waals surface area contributed by atoms with Gasteiger partial charge in [-0.15, -0.1) is 6.54 Å². The molecule has 119 valence electrons. The molecule has 1 radical (unpaired) electrons.